The summed E-state index contributed by atoms with van der Waals surface area (Å²) in [7, 11) is 1.35. The number of hydrogen-bond acceptors (Lipinski definition) is 4. The maximum absolute atomic E-state index is 11.4. The molecule has 0 aromatic heterocycles. The maximum Gasteiger partial charge on any atom is 0.334 e. The van der Waals surface area contributed by atoms with Gasteiger partial charge in [-0.1, -0.05) is 30.3 Å². The van der Waals surface area contributed by atoms with Gasteiger partial charge in [-0.15, -0.1) is 0 Å². The van der Waals surface area contributed by atoms with Crippen molar-refractivity contribution in [2.45, 2.75) is 12.1 Å². The largest absolute Gasteiger partial charge is 0.473 e. The average Bonchev–Trinajstić information content (AvgIpc) is 2.78. The average molecular weight is 205 g/mol. The fourth-order valence-corrected chi connectivity index (χ4v) is 1.53. The summed E-state index contributed by atoms with van der Waals surface area (Å²) in [5, 5.41) is 0. The first kappa shape index (κ1) is 9.71. The molecule has 1 heterocycles. The highest BCUT2D eigenvalue weighted by Crippen LogP contribution is 2.27. The Morgan fingerprint density at radius 3 is 2.80 bits per heavy atom. The highest BCUT2D eigenvalue weighted by molar-refractivity contribution is 5.80. The molecule has 0 bridgehead atoms. The number of ether oxygens (including phenoxy) is 2. The van der Waals surface area contributed by atoms with E-state index in [1.54, 1.807) is 0 Å². The van der Waals surface area contributed by atoms with Gasteiger partial charge < -0.3 is 9.47 Å². The van der Waals surface area contributed by atoms with E-state index in [9.17, 15) is 4.79 Å². The minimum absolute atomic E-state index is 0.362. The van der Waals surface area contributed by atoms with Crippen LogP contribution >= 0.6 is 0 Å². The van der Waals surface area contributed by atoms with Crippen molar-refractivity contribution in [1.29, 1.82) is 0 Å². The van der Waals surface area contributed by atoms with Crippen LogP contribution in [0, 0.1) is 0 Å². The maximum atomic E-state index is 11.4. The lowest BCUT2D eigenvalue weighted by molar-refractivity contribution is -0.143. The predicted octanol–water partition coefficient (Wildman–Crippen LogP) is 1.33. The van der Waals surface area contributed by atoms with Crippen LogP contribution < -0.4 is 0 Å². The van der Waals surface area contributed by atoms with E-state index in [2.05, 4.69) is 9.73 Å². The van der Waals surface area contributed by atoms with Crippen LogP contribution in [0.4, 0.5) is 0 Å². The molecule has 0 spiro atoms. The van der Waals surface area contributed by atoms with Crippen molar-refractivity contribution >= 4 is 12.4 Å². The van der Waals surface area contributed by atoms with Gasteiger partial charge in [0.05, 0.1) is 7.11 Å². The number of rotatable bonds is 2. The number of esters is 1. The van der Waals surface area contributed by atoms with E-state index in [4.69, 9.17) is 4.74 Å². The lowest BCUT2D eigenvalue weighted by Crippen LogP contribution is -2.25. The van der Waals surface area contributed by atoms with E-state index in [1.165, 1.54) is 13.5 Å². The van der Waals surface area contributed by atoms with Gasteiger partial charge in [0.25, 0.3) is 0 Å². The van der Waals surface area contributed by atoms with Gasteiger partial charge in [-0.2, -0.15) is 0 Å². The van der Waals surface area contributed by atoms with Gasteiger partial charge in [-0.05, 0) is 5.56 Å². The fraction of sp³-hybridized carbons (Fsp3) is 0.273. The number of hydrogen-bond donors (Lipinski definition) is 0. The third kappa shape index (κ3) is 1.83. The highest BCUT2D eigenvalue weighted by Gasteiger charge is 2.34. The Bertz CT molecular complexity index is 375. The molecule has 2 rings (SSSR count). The van der Waals surface area contributed by atoms with Crippen LogP contribution in [0.3, 0.4) is 0 Å². The molecule has 1 aliphatic heterocycles. The van der Waals surface area contributed by atoms with Crippen LogP contribution in [0.5, 0.6) is 0 Å². The molecule has 2 atom stereocenters. The summed E-state index contributed by atoms with van der Waals surface area (Å²) in [6.45, 7) is 0. The number of aliphatic imine (C=N–C) groups is 1. The molecule has 1 aromatic rings. The van der Waals surface area contributed by atoms with E-state index < -0.39 is 6.04 Å². The molecule has 4 nitrogen and oxygen atoms in total. The van der Waals surface area contributed by atoms with Crippen molar-refractivity contribution in [2.24, 2.45) is 4.99 Å². The number of carbonyl (C=O) groups is 1. The second-order valence-electron chi connectivity index (χ2n) is 3.19. The lowest BCUT2D eigenvalue weighted by Gasteiger charge is -2.15. The highest BCUT2D eigenvalue weighted by atomic mass is 16.5. The SMILES string of the molecule is COC(=O)[C@H]1N=CO[C@@H]1c1ccccc1. The summed E-state index contributed by atoms with van der Waals surface area (Å²) in [6, 6.07) is 8.91. The summed E-state index contributed by atoms with van der Waals surface area (Å²) < 4.78 is 9.94. The van der Waals surface area contributed by atoms with Crippen LogP contribution in [0.15, 0.2) is 35.3 Å². The first-order chi connectivity index (χ1) is 7.33. The standard InChI is InChI=1S/C11H11NO3/c1-14-11(13)9-10(15-7-12-9)8-5-3-2-4-6-8/h2-7,9-10H,1H3/t9-,10+/m0/s1. The van der Waals surface area contributed by atoms with Gasteiger partial charge in [-0.25, -0.2) is 9.79 Å². The second kappa shape index (κ2) is 4.13. The van der Waals surface area contributed by atoms with Gasteiger partial charge in [0.1, 0.15) is 0 Å². The molecule has 78 valence electrons. The van der Waals surface area contributed by atoms with Crippen molar-refractivity contribution in [3.05, 3.63) is 35.9 Å². The molecule has 15 heavy (non-hydrogen) atoms. The number of methoxy groups -OCH3 is 1. The molecule has 0 radical (unpaired) electrons. The summed E-state index contributed by atoms with van der Waals surface area (Å²) in [6.07, 6.45) is 0.942. The molecule has 0 saturated carbocycles. The Kier molecular flexibility index (Phi) is 2.67. The molecule has 1 aromatic carbocycles. The molecule has 0 saturated heterocycles. The van der Waals surface area contributed by atoms with Crippen LogP contribution in [-0.4, -0.2) is 25.5 Å². The first-order valence-electron chi connectivity index (χ1n) is 4.63. The summed E-state index contributed by atoms with van der Waals surface area (Å²) in [5.74, 6) is -0.377. The van der Waals surface area contributed by atoms with Gasteiger partial charge in [-0.3, -0.25) is 0 Å². The zero-order chi connectivity index (χ0) is 10.7. The van der Waals surface area contributed by atoms with Crippen LogP contribution in [0.25, 0.3) is 0 Å². The first-order valence-corrected chi connectivity index (χ1v) is 4.63. The third-order valence-corrected chi connectivity index (χ3v) is 2.29. The van der Waals surface area contributed by atoms with Crippen LogP contribution in [-0.2, 0) is 14.3 Å². The lowest BCUT2D eigenvalue weighted by atomic mass is 10.0. The fourth-order valence-electron chi connectivity index (χ4n) is 1.53. The molecule has 4 heteroatoms. The minimum Gasteiger partial charge on any atom is -0.473 e. The van der Waals surface area contributed by atoms with E-state index >= 15 is 0 Å². The summed E-state index contributed by atoms with van der Waals surface area (Å²) in [4.78, 5) is 15.3. The Morgan fingerprint density at radius 2 is 2.13 bits per heavy atom. The van der Waals surface area contributed by atoms with Crippen molar-refractivity contribution in [3.8, 4) is 0 Å². The quantitative estimate of drug-likeness (QED) is 0.684. The van der Waals surface area contributed by atoms with Crippen molar-refractivity contribution in [3.63, 3.8) is 0 Å². The van der Waals surface area contributed by atoms with Crippen molar-refractivity contribution in [1.82, 2.24) is 0 Å². The zero-order valence-electron chi connectivity index (χ0n) is 8.29. The predicted molar refractivity (Wildman–Crippen MR) is 54.6 cm³/mol. The smallest absolute Gasteiger partial charge is 0.334 e. The van der Waals surface area contributed by atoms with Crippen molar-refractivity contribution < 1.29 is 14.3 Å². The Labute approximate surface area is 87.5 Å². The van der Waals surface area contributed by atoms with E-state index in [0.717, 1.165) is 5.56 Å². The molecular formula is C11H11NO3. The number of carbonyl (C=O) groups excluding carboxylic acids is 1. The Balaban J connectivity index is 2.21. The Hall–Kier alpha value is -1.84. The molecule has 0 amide bonds. The van der Waals surface area contributed by atoms with Gasteiger partial charge in [0.2, 0.25) is 0 Å². The molecule has 0 unspecified atom stereocenters. The van der Waals surface area contributed by atoms with Gasteiger partial charge in [0.15, 0.2) is 18.5 Å². The topological polar surface area (TPSA) is 47.9 Å². The number of nitrogens with zero attached hydrogens (tertiary/aromatic N) is 1. The van der Waals surface area contributed by atoms with Crippen LogP contribution in [0.1, 0.15) is 11.7 Å². The third-order valence-electron chi connectivity index (χ3n) is 2.29. The van der Waals surface area contributed by atoms with Crippen LogP contribution in [0.2, 0.25) is 0 Å². The minimum atomic E-state index is -0.586. The van der Waals surface area contributed by atoms with Gasteiger partial charge in [0, 0.05) is 0 Å². The summed E-state index contributed by atoms with van der Waals surface area (Å²) in [5.41, 5.74) is 0.922. The zero-order valence-corrected chi connectivity index (χ0v) is 8.29. The van der Waals surface area contributed by atoms with Crippen molar-refractivity contribution in [2.75, 3.05) is 7.11 Å². The molecule has 1 aliphatic rings. The molecule has 0 N–H and O–H groups in total. The summed E-state index contributed by atoms with van der Waals surface area (Å²) >= 11 is 0. The molecule has 0 fully saturated rings. The van der Waals surface area contributed by atoms with E-state index in [1.807, 2.05) is 30.3 Å². The molecular weight excluding hydrogens is 194 g/mol. The molecule has 0 aliphatic carbocycles. The Morgan fingerprint density at radius 1 is 1.40 bits per heavy atom. The normalized spacial score (nSPS) is 23.5. The second-order valence-corrected chi connectivity index (χ2v) is 3.19. The number of benzene rings is 1. The van der Waals surface area contributed by atoms with Gasteiger partial charge >= 0.3 is 5.97 Å². The van der Waals surface area contributed by atoms with E-state index in [0.29, 0.717) is 0 Å². The monoisotopic (exact) mass is 205 g/mol. The van der Waals surface area contributed by atoms with E-state index in [-0.39, 0.29) is 12.1 Å².